The lowest BCUT2D eigenvalue weighted by atomic mass is 10.0. The van der Waals surface area contributed by atoms with Crippen LogP contribution in [0.15, 0.2) is 42.7 Å². The van der Waals surface area contributed by atoms with Crippen LogP contribution in [0, 0.1) is 6.92 Å². The van der Waals surface area contributed by atoms with Gasteiger partial charge in [0.15, 0.2) is 0 Å². The van der Waals surface area contributed by atoms with Gasteiger partial charge in [0.2, 0.25) is 0 Å². The summed E-state index contributed by atoms with van der Waals surface area (Å²) in [5.41, 5.74) is 8.99. The molecule has 6 heteroatoms. The largest absolute Gasteiger partial charge is 0.377 e. The Bertz CT molecular complexity index is 1010. The third-order valence-electron chi connectivity index (χ3n) is 5.49. The Morgan fingerprint density at radius 3 is 2.70 bits per heavy atom. The summed E-state index contributed by atoms with van der Waals surface area (Å²) in [4.78, 5) is 12.0. The Hall–Kier alpha value is -2.89. The number of nitrogens with one attached hydrogen (secondary N) is 1. The minimum atomic E-state index is -1.32. The SMILES string of the molecule is Cc1ccc(-c2cc3c(N[C@@H]4CCC[C@]4(C)F)c(C(N)=O)cnn3c2)cc1. The van der Waals surface area contributed by atoms with Gasteiger partial charge in [-0.1, -0.05) is 29.8 Å². The summed E-state index contributed by atoms with van der Waals surface area (Å²) >= 11 is 0. The van der Waals surface area contributed by atoms with E-state index in [9.17, 15) is 9.18 Å². The van der Waals surface area contributed by atoms with Crippen molar-refractivity contribution in [3.8, 4) is 11.1 Å². The van der Waals surface area contributed by atoms with E-state index in [-0.39, 0.29) is 11.6 Å². The lowest BCUT2D eigenvalue weighted by Crippen LogP contribution is -2.36. The van der Waals surface area contributed by atoms with Crippen molar-refractivity contribution >= 4 is 17.1 Å². The number of alkyl halides is 1. The molecule has 1 amide bonds. The van der Waals surface area contributed by atoms with Gasteiger partial charge in [-0.25, -0.2) is 8.91 Å². The summed E-state index contributed by atoms with van der Waals surface area (Å²) in [5.74, 6) is -0.579. The molecule has 2 aromatic heterocycles. The molecule has 140 valence electrons. The molecule has 27 heavy (non-hydrogen) atoms. The number of hydrogen-bond donors (Lipinski definition) is 2. The maximum atomic E-state index is 14.8. The van der Waals surface area contributed by atoms with E-state index in [4.69, 9.17) is 5.73 Å². The zero-order chi connectivity index (χ0) is 19.2. The molecular formula is C21H23FN4O. The van der Waals surface area contributed by atoms with E-state index < -0.39 is 11.6 Å². The van der Waals surface area contributed by atoms with Crippen molar-refractivity contribution in [1.29, 1.82) is 0 Å². The number of halogens is 1. The number of nitrogens with two attached hydrogens (primary N) is 1. The highest BCUT2D eigenvalue weighted by molar-refractivity contribution is 6.02. The van der Waals surface area contributed by atoms with E-state index in [1.165, 1.54) is 11.8 Å². The zero-order valence-electron chi connectivity index (χ0n) is 15.5. The quantitative estimate of drug-likeness (QED) is 0.730. The number of rotatable bonds is 4. The number of anilines is 1. The van der Waals surface area contributed by atoms with Crippen LogP contribution in [-0.2, 0) is 0 Å². The van der Waals surface area contributed by atoms with Crippen LogP contribution in [0.3, 0.4) is 0 Å². The molecule has 0 unspecified atom stereocenters. The molecule has 1 aromatic carbocycles. The van der Waals surface area contributed by atoms with Crippen LogP contribution in [-0.4, -0.2) is 27.2 Å². The van der Waals surface area contributed by atoms with Crippen molar-refractivity contribution in [2.75, 3.05) is 5.32 Å². The van der Waals surface area contributed by atoms with Crippen LogP contribution in [0.5, 0.6) is 0 Å². The summed E-state index contributed by atoms with van der Waals surface area (Å²) in [6.45, 7) is 3.65. The van der Waals surface area contributed by atoms with Gasteiger partial charge in [0.25, 0.3) is 5.91 Å². The monoisotopic (exact) mass is 366 g/mol. The van der Waals surface area contributed by atoms with E-state index in [0.717, 1.165) is 17.5 Å². The lowest BCUT2D eigenvalue weighted by molar-refractivity contribution is 0.1000. The summed E-state index contributed by atoms with van der Waals surface area (Å²) in [7, 11) is 0. The minimum Gasteiger partial charge on any atom is -0.377 e. The van der Waals surface area contributed by atoms with E-state index in [2.05, 4.69) is 10.4 Å². The average Bonchev–Trinajstić information content (AvgIpc) is 3.19. The summed E-state index contributed by atoms with van der Waals surface area (Å²) in [6.07, 6.45) is 5.38. The van der Waals surface area contributed by atoms with Crippen LogP contribution >= 0.6 is 0 Å². The van der Waals surface area contributed by atoms with E-state index >= 15 is 0 Å². The number of aromatic nitrogens is 2. The summed E-state index contributed by atoms with van der Waals surface area (Å²) < 4.78 is 16.5. The van der Waals surface area contributed by atoms with Crippen LogP contribution < -0.4 is 11.1 Å². The second kappa shape index (κ2) is 6.37. The van der Waals surface area contributed by atoms with Gasteiger partial charge < -0.3 is 11.1 Å². The molecule has 2 atom stereocenters. The maximum absolute atomic E-state index is 14.8. The molecule has 1 fully saturated rings. The Morgan fingerprint density at radius 2 is 2.07 bits per heavy atom. The predicted octanol–water partition coefficient (Wildman–Crippen LogP) is 4.10. The van der Waals surface area contributed by atoms with Gasteiger partial charge in [0.1, 0.15) is 5.67 Å². The molecular weight excluding hydrogens is 343 g/mol. The molecule has 0 aliphatic heterocycles. The van der Waals surface area contributed by atoms with Gasteiger partial charge in [0, 0.05) is 11.8 Å². The van der Waals surface area contributed by atoms with Crippen molar-refractivity contribution in [3.63, 3.8) is 0 Å². The van der Waals surface area contributed by atoms with Gasteiger partial charge in [-0.2, -0.15) is 5.10 Å². The molecule has 0 bridgehead atoms. The lowest BCUT2D eigenvalue weighted by Gasteiger charge is -2.26. The normalized spacial score (nSPS) is 22.3. The Kier molecular flexibility index (Phi) is 4.13. The van der Waals surface area contributed by atoms with Crippen molar-refractivity contribution < 1.29 is 9.18 Å². The van der Waals surface area contributed by atoms with Gasteiger partial charge >= 0.3 is 0 Å². The molecule has 1 saturated carbocycles. The first-order valence-electron chi connectivity index (χ1n) is 9.19. The number of nitrogens with zero attached hydrogens (tertiary/aromatic N) is 2. The zero-order valence-corrected chi connectivity index (χ0v) is 15.5. The van der Waals surface area contributed by atoms with Crippen molar-refractivity contribution in [2.24, 2.45) is 5.73 Å². The molecule has 3 aromatic rings. The first kappa shape index (κ1) is 17.5. The highest BCUT2D eigenvalue weighted by Gasteiger charge is 2.39. The van der Waals surface area contributed by atoms with Crippen molar-refractivity contribution in [2.45, 2.75) is 44.8 Å². The van der Waals surface area contributed by atoms with Crippen LogP contribution in [0.25, 0.3) is 16.6 Å². The first-order valence-corrected chi connectivity index (χ1v) is 9.19. The molecule has 3 N–H and O–H groups in total. The molecule has 0 spiro atoms. The topological polar surface area (TPSA) is 72.4 Å². The Labute approximate surface area is 157 Å². The van der Waals surface area contributed by atoms with Gasteiger partial charge in [-0.15, -0.1) is 0 Å². The highest BCUT2D eigenvalue weighted by Crippen LogP contribution is 2.37. The third kappa shape index (κ3) is 3.16. The Balaban J connectivity index is 1.82. The van der Waals surface area contributed by atoms with Crippen molar-refractivity contribution in [1.82, 2.24) is 9.61 Å². The number of aryl methyl sites for hydroxylation is 1. The van der Waals surface area contributed by atoms with Crippen molar-refractivity contribution in [3.05, 3.63) is 53.9 Å². The standard InChI is InChI=1S/C21H23FN4O/c1-13-5-7-14(8-6-13)15-10-17-19(25-18-4-3-9-21(18,2)22)16(20(23)27)11-24-26(17)12-15/h5-8,10-12,18,25H,3-4,9H2,1-2H3,(H2,23,27)/t18-,21+/m1/s1. The van der Waals surface area contributed by atoms with Crippen LogP contribution in [0.2, 0.25) is 0 Å². The van der Waals surface area contributed by atoms with E-state index in [0.29, 0.717) is 24.0 Å². The second-order valence-corrected chi connectivity index (χ2v) is 7.59. The first-order chi connectivity index (χ1) is 12.8. The molecule has 1 aliphatic rings. The van der Waals surface area contributed by atoms with Gasteiger partial charge in [-0.05, 0) is 44.7 Å². The molecule has 0 saturated heterocycles. The fraction of sp³-hybridized carbons (Fsp3) is 0.333. The molecule has 0 radical (unpaired) electrons. The van der Waals surface area contributed by atoms with Crippen LogP contribution in [0.4, 0.5) is 10.1 Å². The summed E-state index contributed by atoms with van der Waals surface area (Å²) in [6, 6.07) is 9.78. The predicted molar refractivity (Wildman–Crippen MR) is 105 cm³/mol. The Morgan fingerprint density at radius 1 is 1.33 bits per heavy atom. The smallest absolute Gasteiger partial charge is 0.252 e. The highest BCUT2D eigenvalue weighted by atomic mass is 19.1. The number of hydrogen-bond acceptors (Lipinski definition) is 3. The molecule has 1 aliphatic carbocycles. The number of amides is 1. The molecule has 2 heterocycles. The van der Waals surface area contributed by atoms with Gasteiger partial charge in [0.05, 0.1) is 29.0 Å². The number of primary amides is 1. The number of carbonyl (C=O) groups excluding carboxylic acids is 1. The average molecular weight is 366 g/mol. The third-order valence-corrected chi connectivity index (χ3v) is 5.49. The number of fused-ring (bicyclic) bond motifs is 1. The summed E-state index contributed by atoms with van der Waals surface area (Å²) in [5, 5.41) is 7.58. The number of carbonyl (C=O) groups is 1. The fourth-order valence-electron chi connectivity index (χ4n) is 3.82. The fourth-order valence-corrected chi connectivity index (χ4v) is 3.82. The maximum Gasteiger partial charge on any atom is 0.252 e. The van der Waals surface area contributed by atoms with E-state index in [1.54, 1.807) is 11.4 Å². The van der Waals surface area contributed by atoms with E-state index in [1.807, 2.05) is 43.5 Å². The van der Waals surface area contributed by atoms with Gasteiger partial charge in [-0.3, -0.25) is 4.79 Å². The molecule has 4 rings (SSSR count). The molecule has 5 nitrogen and oxygen atoms in total. The minimum absolute atomic E-state index is 0.277. The number of benzene rings is 1. The second-order valence-electron chi connectivity index (χ2n) is 7.59. The van der Waals surface area contributed by atoms with Crippen LogP contribution in [0.1, 0.15) is 42.1 Å².